The van der Waals surface area contributed by atoms with Gasteiger partial charge in [-0.3, -0.25) is 0 Å². The number of hydrogen-bond donors (Lipinski definition) is 0. The van der Waals surface area contributed by atoms with Gasteiger partial charge in [0.2, 0.25) is 5.60 Å². The molecule has 0 amide bonds. The number of halogens is 1. The summed E-state index contributed by atoms with van der Waals surface area (Å²) in [4.78, 5) is 0. The minimum absolute atomic E-state index is 0.249. The van der Waals surface area contributed by atoms with Gasteiger partial charge in [0.15, 0.2) is 0 Å². The molecule has 0 aliphatic carbocycles. The second-order valence-electron chi connectivity index (χ2n) is 5.42. The van der Waals surface area contributed by atoms with Crippen molar-refractivity contribution in [2.45, 2.75) is 11.7 Å². The van der Waals surface area contributed by atoms with E-state index in [2.05, 4.69) is 6.07 Å². The smallest absolute Gasteiger partial charge is 0.211 e. The van der Waals surface area contributed by atoms with E-state index in [4.69, 9.17) is 16.3 Å². The van der Waals surface area contributed by atoms with Crippen LogP contribution in [0.15, 0.2) is 66.7 Å². The normalized spacial score (nSPS) is 23.2. The van der Waals surface area contributed by atoms with Gasteiger partial charge in [-0.1, -0.05) is 66.2 Å². The first-order valence-corrected chi connectivity index (χ1v) is 7.45. The average Bonchev–Trinajstić information content (AvgIpc) is 3.31. The van der Waals surface area contributed by atoms with Crippen LogP contribution >= 0.6 is 11.6 Å². The number of nitriles is 1. The first kappa shape index (κ1) is 13.3. The Bertz CT molecular complexity index is 892. The molecule has 0 spiro atoms. The highest BCUT2D eigenvalue weighted by molar-refractivity contribution is 6.30. The summed E-state index contributed by atoms with van der Waals surface area (Å²) in [6, 6.07) is 23.9. The van der Waals surface area contributed by atoms with E-state index in [-0.39, 0.29) is 6.10 Å². The Kier molecular flexibility index (Phi) is 2.94. The maximum absolute atomic E-state index is 9.75. The molecule has 0 aromatic heterocycles. The van der Waals surface area contributed by atoms with Crippen molar-refractivity contribution in [3.63, 3.8) is 0 Å². The largest absolute Gasteiger partial charge is 0.340 e. The van der Waals surface area contributed by atoms with Gasteiger partial charge < -0.3 is 4.74 Å². The number of epoxide rings is 1. The molecule has 1 heterocycles. The van der Waals surface area contributed by atoms with Crippen molar-refractivity contribution in [3.8, 4) is 6.07 Å². The van der Waals surface area contributed by atoms with Crippen molar-refractivity contribution in [2.24, 2.45) is 0 Å². The molecule has 22 heavy (non-hydrogen) atoms. The highest BCUT2D eigenvalue weighted by atomic mass is 35.5. The number of fused-ring (bicyclic) bond motifs is 1. The maximum atomic E-state index is 9.75. The van der Waals surface area contributed by atoms with E-state index in [9.17, 15) is 5.26 Å². The molecule has 3 aromatic carbocycles. The van der Waals surface area contributed by atoms with E-state index in [0.29, 0.717) is 5.02 Å². The summed E-state index contributed by atoms with van der Waals surface area (Å²) in [6.07, 6.45) is -0.249. The van der Waals surface area contributed by atoms with Crippen LogP contribution in [0.2, 0.25) is 5.02 Å². The third kappa shape index (κ3) is 1.91. The summed E-state index contributed by atoms with van der Waals surface area (Å²) in [5.74, 6) is 0. The average molecular weight is 306 g/mol. The molecule has 1 aliphatic heterocycles. The molecule has 106 valence electrons. The van der Waals surface area contributed by atoms with Gasteiger partial charge >= 0.3 is 0 Å². The van der Waals surface area contributed by atoms with E-state index in [1.165, 1.54) is 0 Å². The summed E-state index contributed by atoms with van der Waals surface area (Å²) >= 11 is 5.93. The van der Waals surface area contributed by atoms with Crippen molar-refractivity contribution < 1.29 is 4.74 Å². The van der Waals surface area contributed by atoms with E-state index in [0.717, 1.165) is 21.9 Å². The summed E-state index contributed by atoms with van der Waals surface area (Å²) in [6.45, 7) is 0. The Balaban J connectivity index is 1.83. The fraction of sp³-hybridized carbons (Fsp3) is 0.105. The predicted octanol–water partition coefficient (Wildman–Crippen LogP) is 4.98. The number of hydrogen-bond acceptors (Lipinski definition) is 2. The lowest BCUT2D eigenvalue weighted by molar-refractivity contribution is 0.341. The van der Waals surface area contributed by atoms with Crippen LogP contribution in [0, 0.1) is 11.3 Å². The lowest BCUT2D eigenvalue weighted by Crippen LogP contribution is -2.07. The first-order valence-electron chi connectivity index (χ1n) is 7.07. The van der Waals surface area contributed by atoms with Gasteiger partial charge in [-0.25, -0.2) is 0 Å². The minimum Gasteiger partial charge on any atom is -0.340 e. The molecule has 0 N–H and O–H groups in total. The number of nitrogens with zero attached hydrogens (tertiary/aromatic N) is 1. The van der Waals surface area contributed by atoms with Crippen molar-refractivity contribution in [1.29, 1.82) is 5.26 Å². The fourth-order valence-corrected chi connectivity index (χ4v) is 3.12. The summed E-state index contributed by atoms with van der Waals surface area (Å²) in [7, 11) is 0. The molecule has 2 atom stereocenters. The Morgan fingerprint density at radius 2 is 1.68 bits per heavy atom. The van der Waals surface area contributed by atoms with Gasteiger partial charge in [0, 0.05) is 10.6 Å². The van der Waals surface area contributed by atoms with Gasteiger partial charge in [-0.15, -0.1) is 0 Å². The van der Waals surface area contributed by atoms with Gasteiger partial charge in [0.05, 0.1) is 0 Å². The van der Waals surface area contributed by atoms with Crippen LogP contribution in [0.4, 0.5) is 0 Å². The lowest BCUT2D eigenvalue weighted by atomic mass is 9.89. The van der Waals surface area contributed by atoms with Crippen molar-refractivity contribution in [3.05, 3.63) is 82.9 Å². The Labute approximate surface area is 133 Å². The molecule has 1 aliphatic rings. The van der Waals surface area contributed by atoms with Crippen molar-refractivity contribution in [2.75, 3.05) is 0 Å². The second-order valence-corrected chi connectivity index (χ2v) is 5.86. The zero-order valence-corrected chi connectivity index (χ0v) is 12.4. The third-order valence-corrected chi connectivity index (χ3v) is 4.40. The van der Waals surface area contributed by atoms with E-state index in [1.807, 2.05) is 66.7 Å². The van der Waals surface area contributed by atoms with Crippen LogP contribution in [0.25, 0.3) is 10.8 Å². The van der Waals surface area contributed by atoms with Crippen LogP contribution in [-0.4, -0.2) is 0 Å². The third-order valence-electron chi connectivity index (χ3n) is 4.14. The van der Waals surface area contributed by atoms with Gasteiger partial charge in [0.1, 0.15) is 12.2 Å². The monoisotopic (exact) mass is 305 g/mol. The van der Waals surface area contributed by atoms with E-state index in [1.54, 1.807) is 0 Å². The van der Waals surface area contributed by atoms with Crippen molar-refractivity contribution >= 4 is 22.4 Å². The molecule has 4 rings (SSSR count). The van der Waals surface area contributed by atoms with Crippen LogP contribution in [0.3, 0.4) is 0 Å². The molecular weight excluding hydrogens is 294 g/mol. The Hall–Kier alpha value is -2.34. The van der Waals surface area contributed by atoms with Gasteiger partial charge in [-0.05, 0) is 28.5 Å². The maximum Gasteiger partial charge on any atom is 0.211 e. The Morgan fingerprint density at radius 1 is 0.955 bits per heavy atom. The van der Waals surface area contributed by atoms with Crippen molar-refractivity contribution in [1.82, 2.24) is 0 Å². The highest BCUT2D eigenvalue weighted by Gasteiger charge is 2.60. The first-order chi connectivity index (χ1) is 10.7. The molecule has 2 unspecified atom stereocenters. The van der Waals surface area contributed by atoms with Crippen LogP contribution in [0.1, 0.15) is 17.2 Å². The molecule has 1 fully saturated rings. The predicted molar refractivity (Wildman–Crippen MR) is 86.5 cm³/mol. The molecule has 1 saturated heterocycles. The highest BCUT2D eigenvalue weighted by Crippen LogP contribution is 2.57. The standard InChI is InChI=1S/C19H12ClNO/c20-15-10-8-14(9-11-15)18-19(12-21,22-18)17-7-3-5-13-4-1-2-6-16(13)17/h1-11,18H. The van der Waals surface area contributed by atoms with E-state index >= 15 is 0 Å². The van der Waals surface area contributed by atoms with Gasteiger partial charge in [-0.2, -0.15) is 5.26 Å². The summed E-state index contributed by atoms with van der Waals surface area (Å²) in [5, 5.41) is 12.6. The molecule has 0 bridgehead atoms. The van der Waals surface area contributed by atoms with Crippen LogP contribution in [-0.2, 0) is 10.3 Å². The Morgan fingerprint density at radius 3 is 2.45 bits per heavy atom. The number of rotatable bonds is 2. The SMILES string of the molecule is N#CC1(c2cccc3ccccc23)OC1c1ccc(Cl)cc1. The zero-order valence-electron chi connectivity index (χ0n) is 11.7. The quantitative estimate of drug-likeness (QED) is 0.626. The molecule has 0 saturated carbocycles. The van der Waals surface area contributed by atoms with Crippen LogP contribution < -0.4 is 0 Å². The van der Waals surface area contributed by atoms with Crippen LogP contribution in [0.5, 0.6) is 0 Å². The minimum atomic E-state index is -0.908. The lowest BCUT2D eigenvalue weighted by Gasteiger charge is -2.09. The fourth-order valence-electron chi connectivity index (χ4n) is 2.99. The summed E-state index contributed by atoms with van der Waals surface area (Å²) < 4.78 is 5.87. The molecule has 3 aromatic rings. The number of ether oxygens (including phenoxy) is 1. The molecule has 3 heteroatoms. The molecule has 2 nitrogen and oxygen atoms in total. The topological polar surface area (TPSA) is 36.3 Å². The summed E-state index contributed by atoms with van der Waals surface area (Å²) in [5.41, 5.74) is 0.987. The molecule has 0 radical (unpaired) electrons. The molecular formula is C19H12ClNO. The van der Waals surface area contributed by atoms with E-state index < -0.39 is 5.60 Å². The second kappa shape index (κ2) is 4.84. The number of benzene rings is 3. The van der Waals surface area contributed by atoms with Gasteiger partial charge in [0.25, 0.3) is 0 Å². The zero-order chi connectivity index (χ0) is 15.2.